The number of piperidine rings is 1. The Morgan fingerprint density at radius 2 is 1.86 bits per heavy atom. The molecule has 0 aliphatic carbocycles. The Hall–Kier alpha value is -2.72. The van der Waals surface area contributed by atoms with Gasteiger partial charge in [0.2, 0.25) is 0 Å². The average Bonchev–Trinajstić information content (AvgIpc) is 2.76. The van der Waals surface area contributed by atoms with Crippen LogP contribution in [0.3, 0.4) is 0 Å². The number of hydrogen-bond donors (Lipinski definition) is 0. The van der Waals surface area contributed by atoms with E-state index in [-0.39, 0.29) is 5.56 Å². The summed E-state index contributed by atoms with van der Waals surface area (Å²) < 4.78 is 2.04. The van der Waals surface area contributed by atoms with E-state index in [1.807, 2.05) is 22.9 Å². The number of fused-ring (bicyclic) bond motifs is 4. The minimum atomic E-state index is 0.139. The molecule has 148 valence electrons. The molecule has 1 saturated heterocycles. The molecule has 4 heteroatoms. The molecule has 0 N–H and O–H groups in total. The summed E-state index contributed by atoms with van der Waals surface area (Å²) in [5.41, 5.74) is 5.05. The van der Waals surface area contributed by atoms with Gasteiger partial charge < -0.3 is 9.47 Å². The number of benzene rings is 1. The summed E-state index contributed by atoms with van der Waals surface area (Å²) in [7, 11) is 0. The fraction of sp³-hybridized carbons (Fsp3) is 0.360. The van der Waals surface area contributed by atoms with Crippen LogP contribution >= 0.6 is 0 Å². The Morgan fingerprint density at radius 1 is 0.966 bits per heavy atom. The van der Waals surface area contributed by atoms with Gasteiger partial charge in [-0.3, -0.25) is 9.78 Å². The normalized spacial score (nSPS) is 21.0. The molecule has 4 nitrogen and oxygen atoms in total. The highest BCUT2D eigenvalue weighted by molar-refractivity contribution is 5.66. The van der Waals surface area contributed by atoms with Crippen molar-refractivity contribution in [2.24, 2.45) is 5.92 Å². The number of likely N-dealkylation sites (tertiary alicyclic amines) is 1. The summed E-state index contributed by atoms with van der Waals surface area (Å²) in [6.07, 6.45) is 7.21. The first-order chi connectivity index (χ1) is 14.3. The standard InChI is InChI=1S/C25H27N3O/c29-24-11-10-23(21-9-4-12-26-15-21)25-22-14-20(17-28(24)25)16-27(18-22)13-5-8-19-6-2-1-3-7-19/h1-4,6-7,9-12,15,20,22H,5,8,13-14,16-18H2. The van der Waals surface area contributed by atoms with Crippen LogP contribution in [0.4, 0.5) is 0 Å². The zero-order valence-corrected chi connectivity index (χ0v) is 16.7. The van der Waals surface area contributed by atoms with Crippen LogP contribution in [0.2, 0.25) is 0 Å². The summed E-state index contributed by atoms with van der Waals surface area (Å²) in [6, 6.07) is 18.5. The monoisotopic (exact) mass is 385 g/mol. The summed E-state index contributed by atoms with van der Waals surface area (Å²) >= 11 is 0. The first kappa shape index (κ1) is 18.3. The van der Waals surface area contributed by atoms with Gasteiger partial charge in [0.25, 0.3) is 5.56 Å². The van der Waals surface area contributed by atoms with E-state index in [0.717, 1.165) is 38.2 Å². The second kappa shape index (κ2) is 7.96. The molecule has 2 unspecified atom stereocenters. The molecule has 2 aromatic heterocycles. The molecular formula is C25H27N3O. The van der Waals surface area contributed by atoms with Gasteiger partial charge >= 0.3 is 0 Å². The fourth-order valence-electron chi connectivity index (χ4n) is 5.21. The van der Waals surface area contributed by atoms with Crippen LogP contribution in [-0.4, -0.2) is 34.1 Å². The summed E-state index contributed by atoms with van der Waals surface area (Å²) in [5, 5.41) is 0. The lowest BCUT2D eigenvalue weighted by Gasteiger charge is -2.43. The average molecular weight is 386 g/mol. The van der Waals surface area contributed by atoms with Crippen molar-refractivity contribution in [3.05, 3.63) is 88.6 Å². The van der Waals surface area contributed by atoms with Crippen molar-refractivity contribution in [3.63, 3.8) is 0 Å². The highest BCUT2D eigenvalue weighted by Gasteiger charge is 2.36. The van der Waals surface area contributed by atoms with Crippen LogP contribution in [0.5, 0.6) is 0 Å². The van der Waals surface area contributed by atoms with Crippen molar-refractivity contribution < 1.29 is 0 Å². The van der Waals surface area contributed by atoms with Crippen LogP contribution in [-0.2, 0) is 13.0 Å². The van der Waals surface area contributed by atoms with Crippen molar-refractivity contribution in [1.82, 2.24) is 14.5 Å². The summed E-state index contributed by atoms with van der Waals surface area (Å²) in [5.74, 6) is 0.989. The number of hydrogen-bond acceptors (Lipinski definition) is 3. The number of rotatable bonds is 5. The molecule has 0 amide bonds. The summed E-state index contributed by atoms with van der Waals surface area (Å²) in [6.45, 7) is 4.12. The molecule has 3 aromatic rings. The Kier molecular flexibility index (Phi) is 5.03. The lowest BCUT2D eigenvalue weighted by molar-refractivity contribution is 0.119. The Bertz CT molecular complexity index is 1030. The molecule has 4 heterocycles. The van der Waals surface area contributed by atoms with E-state index in [9.17, 15) is 4.79 Å². The molecule has 0 saturated carbocycles. The smallest absolute Gasteiger partial charge is 0.250 e. The van der Waals surface area contributed by atoms with Crippen molar-refractivity contribution in [2.45, 2.75) is 31.7 Å². The Balaban J connectivity index is 1.37. The Morgan fingerprint density at radius 3 is 2.69 bits per heavy atom. The maximum absolute atomic E-state index is 12.6. The minimum absolute atomic E-state index is 0.139. The second-order valence-electron chi connectivity index (χ2n) is 8.47. The molecule has 0 spiro atoms. The predicted octanol–water partition coefficient (Wildman–Crippen LogP) is 3.96. The Labute approximate surface area is 171 Å². The van der Waals surface area contributed by atoms with E-state index >= 15 is 0 Å². The van der Waals surface area contributed by atoms with E-state index in [0.29, 0.717) is 11.8 Å². The third-order valence-electron chi connectivity index (χ3n) is 6.42. The van der Waals surface area contributed by atoms with Crippen LogP contribution < -0.4 is 5.56 Å². The first-order valence-electron chi connectivity index (χ1n) is 10.7. The van der Waals surface area contributed by atoms with Gasteiger partial charge in [-0.05, 0) is 49.4 Å². The third kappa shape index (κ3) is 3.77. The zero-order chi connectivity index (χ0) is 19.6. The van der Waals surface area contributed by atoms with Crippen molar-refractivity contribution >= 4 is 0 Å². The third-order valence-corrected chi connectivity index (χ3v) is 6.42. The van der Waals surface area contributed by atoms with Crippen molar-refractivity contribution in [3.8, 4) is 11.1 Å². The van der Waals surface area contributed by atoms with Gasteiger partial charge in [-0.15, -0.1) is 0 Å². The zero-order valence-electron chi connectivity index (χ0n) is 16.7. The molecule has 29 heavy (non-hydrogen) atoms. The lowest BCUT2D eigenvalue weighted by Crippen LogP contribution is -2.47. The predicted molar refractivity (Wildman–Crippen MR) is 116 cm³/mol. The number of aryl methyl sites for hydroxylation is 1. The molecule has 2 aliphatic heterocycles. The quantitative estimate of drug-likeness (QED) is 0.667. The van der Waals surface area contributed by atoms with Crippen LogP contribution in [0, 0.1) is 5.92 Å². The molecule has 1 fully saturated rings. The van der Waals surface area contributed by atoms with Gasteiger partial charge in [0.05, 0.1) is 0 Å². The first-order valence-corrected chi connectivity index (χ1v) is 10.7. The number of pyridine rings is 2. The van der Waals surface area contributed by atoms with Gasteiger partial charge in [-0.1, -0.05) is 36.4 Å². The molecular weight excluding hydrogens is 358 g/mol. The van der Waals surface area contributed by atoms with Gasteiger partial charge in [0.15, 0.2) is 0 Å². The molecule has 2 aliphatic rings. The van der Waals surface area contributed by atoms with Crippen LogP contribution in [0.15, 0.2) is 71.8 Å². The summed E-state index contributed by atoms with van der Waals surface area (Å²) in [4.78, 5) is 19.5. The minimum Gasteiger partial charge on any atom is -0.311 e. The topological polar surface area (TPSA) is 38.1 Å². The number of aromatic nitrogens is 2. The van der Waals surface area contributed by atoms with Crippen LogP contribution in [0.1, 0.15) is 30.0 Å². The highest BCUT2D eigenvalue weighted by atomic mass is 16.1. The van der Waals surface area contributed by atoms with E-state index in [4.69, 9.17) is 0 Å². The van der Waals surface area contributed by atoms with Gasteiger partial charge in [-0.25, -0.2) is 0 Å². The second-order valence-corrected chi connectivity index (χ2v) is 8.47. The lowest BCUT2D eigenvalue weighted by atomic mass is 9.80. The molecule has 5 rings (SSSR count). The SMILES string of the molecule is O=c1ccc(-c2cccnc2)c2n1CC1CC2CN(CCCc2ccccc2)C1. The van der Waals surface area contributed by atoms with E-state index < -0.39 is 0 Å². The van der Waals surface area contributed by atoms with Crippen molar-refractivity contribution in [2.75, 3.05) is 19.6 Å². The van der Waals surface area contributed by atoms with Gasteiger partial charge in [-0.2, -0.15) is 0 Å². The van der Waals surface area contributed by atoms with E-state index in [2.05, 4.69) is 46.3 Å². The molecule has 2 bridgehead atoms. The number of nitrogens with zero attached hydrogens (tertiary/aromatic N) is 3. The largest absolute Gasteiger partial charge is 0.311 e. The molecule has 0 radical (unpaired) electrons. The maximum Gasteiger partial charge on any atom is 0.250 e. The van der Waals surface area contributed by atoms with E-state index in [1.165, 1.54) is 29.7 Å². The van der Waals surface area contributed by atoms with Crippen LogP contribution in [0.25, 0.3) is 11.1 Å². The van der Waals surface area contributed by atoms with Gasteiger partial charge in [0, 0.05) is 60.8 Å². The molecule has 1 aromatic carbocycles. The molecule has 2 atom stereocenters. The van der Waals surface area contributed by atoms with E-state index in [1.54, 1.807) is 12.3 Å². The van der Waals surface area contributed by atoms with Crippen molar-refractivity contribution in [1.29, 1.82) is 0 Å². The highest BCUT2D eigenvalue weighted by Crippen LogP contribution is 2.39. The maximum atomic E-state index is 12.6. The van der Waals surface area contributed by atoms with Gasteiger partial charge in [0.1, 0.15) is 0 Å². The fourth-order valence-corrected chi connectivity index (χ4v) is 5.21.